The zero-order chi connectivity index (χ0) is 22.7. The van der Waals surface area contributed by atoms with Crippen molar-refractivity contribution in [3.05, 3.63) is 77.4 Å². The minimum Gasteiger partial charge on any atom is -0.429 e. The van der Waals surface area contributed by atoms with E-state index in [9.17, 15) is 17.6 Å². The first kappa shape index (κ1) is 22.5. The van der Waals surface area contributed by atoms with E-state index in [0.29, 0.717) is 11.8 Å². The Morgan fingerprint density at radius 2 is 1.50 bits per heavy atom. The maximum atomic E-state index is 13.8. The van der Waals surface area contributed by atoms with Gasteiger partial charge in [-0.1, -0.05) is 30.0 Å². The van der Waals surface area contributed by atoms with Crippen molar-refractivity contribution in [1.29, 1.82) is 0 Å². The third-order valence-electron chi connectivity index (χ3n) is 6.93. The summed E-state index contributed by atoms with van der Waals surface area (Å²) in [6.07, 6.45) is 9.64. The summed E-state index contributed by atoms with van der Waals surface area (Å²) < 4.78 is 56.0. The van der Waals surface area contributed by atoms with Crippen LogP contribution in [0.25, 0.3) is 0 Å². The fourth-order valence-corrected chi connectivity index (χ4v) is 5.26. The van der Waals surface area contributed by atoms with Crippen molar-refractivity contribution in [3.63, 3.8) is 0 Å². The van der Waals surface area contributed by atoms with Crippen LogP contribution in [0.15, 0.2) is 49.1 Å². The molecule has 4 atom stereocenters. The molecule has 0 bridgehead atoms. The molecule has 0 radical (unpaired) electrons. The fraction of sp³-hybridized carbons (Fsp3) is 0.407. The van der Waals surface area contributed by atoms with Crippen LogP contribution >= 0.6 is 0 Å². The van der Waals surface area contributed by atoms with Crippen molar-refractivity contribution in [3.8, 4) is 17.6 Å². The lowest BCUT2D eigenvalue weighted by atomic mass is 9.64. The average Bonchev–Trinajstić information content (AvgIpc) is 2.79. The first-order valence-electron chi connectivity index (χ1n) is 11.1. The summed E-state index contributed by atoms with van der Waals surface area (Å²) in [5, 5.41) is 0. The van der Waals surface area contributed by atoms with Gasteiger partial charge in [-0.15, -0.1) is 6.58 Å². The molecule has 0 aliphatic heterocycles. The minimum absolute atomic E-state index is 0.0548. The van der Waals surface area contributed by atoms with Gasteiger partial charge in [0.15, 0.2) is 17.4 Å². The molecule has 0 N–H and O–H groups in total. The standard InChI is InChI=1S/C27H26F4O/c1-2-17-5-10-23-16-22(12-11-21(23)13-17)20-8-6-18(7-9-20)3-4-19-14-24(28)26(25(29)15-19)32-27(30)31/h2,6-9,14-15,17,21-23,27H,1,5,10-13,16H2. The number of benzene rings is 2. The maximum Gasteiger partial charge on any atom is 0.387 e. The third-order valence-corrected chi connectivity index (χ3v) is 6.93. The molecule has 2 aliphatic carbocycles. The Kier molecular flexibility index (Phi) is 6.89. The van der Waals surface area contributed by atoms with Gasteiger partial charge in [-0.05, 0) is 92.0 Å². The highest BCUT2D eigenvalue weighted by Crippen LogP contribution is 2.47. The molecule has 2 aliphatic rings. The van der Waals surface area contributed by atoms with Gasteiger partial charge < -0.3 is 4.74 Å². The van der Waals surface area contributed by atoms with Gasteiger partial charge in [0.25, 0.3) is 0 Å². The summed E-state index contributed by atoms with van der Waals surface area (Å²) in [4.78, 5) is 0. The van der Waals surface area contributed by atoms with Crippen LogP contribution in [-0.4, -0.2) is 6.61 Å². The largest absolute Gasteiger partial charge is 0.429 e. The number of hydrogen-bond acceptors (Lipinski definition) is 1. The minimum atomic E-state index is -3.30. The number of ether oxygens (including phenoxy) is 1. The van der Waals surface area contributed by atoms with Gasteiger partial charge in [0.2, 0.25) is 0 Å². The topological polar surface area (TPSA) is 9.23 Å². The van der Waals surface area contributed by atoms with E-state index >= 15 is 0 Å². The first-order valence-corrected chi connectivity index (χ1v) is 11.1. The lowest BCUT2D eigenvalue weighted by Gasteiger charge is -2.41. The molecule has 2 saturated carbocycles. The van der Waals surface area contributed by atoms with Crippen molar-refractivity contribution < 1.29 is 22.3 Å². The second-order valence-corrected chi connectivity index (χ2v) is 8.86. The molecule has 2 fully saturated rings. The van der Waals surface area contributed by atoms with Crippen molar-refractivity contribution >= 4 is 0 Å². The predicted octanol–water partition coefficient (Wildman–Crippen LogP) is 7.45. The average molecular weight is 442 g/mol. The summed E-state index contributed by atoms with van der Waals surface area (Å²) in [7, 11) is 0. The SMILES string of the molecule is C=CC1CCC2CC(c3ccc(C#Cc4cc(F)c(OC(F)F)c(F)c4)cc3)CCC2C1. The number of fused-ring (bicyclic) bond motifs is 1. The monoisotopic (exact) mass is 442 g/mol. The molecule has 2 aromatic carbocycles. The Morgan fingerprint density at radius 3 is 2.16 bits per heavy atom. The first-order chi connectivity index (χ1) is 15.4. The molecule has 0 heterocycles. The fourth-order valence-electron chi connectivity index (χ4n) is 5.26. The number of rotatable bonds is 4. The second-order valence-electron chi connectivity index (χ2n) is 8.86. The quantitative estimate of drug-likeness (QED) is 0.271. The van der Waals surface area contributed by atoms with E-state index in [2.05, 4.69) is 41.4 Å². The van der Waals surface area contributed by atoms with E-state index in [4.69, 9.17) is 0 Å². The number of alkyl halides is 2. The normalized spacial score (nSPS) is 24.9. The van der Waals surface area contributed by atoms with Crippen LogP contribution in [0.4, 0.5) is 17.6 Å². The van der Waals surface area contributed by atoms with Gasteiger partial charge in [-0.2, -0.15) is 8.78 Å². The molecular weight excluding hydrogens is 416 g/mol. The van der Waals surface area contributed by atoms with Gasteiger partial charge in [-0.25, -0.2) is 8.78 Å². The second kappa shape index (κ2) is 9.81. The van der Waals surface area contributed by atoms with Crippen LogP contribution in [0.3, 0.4) is 0 Å². The van der Waals surface area contributed by atoms with E-state index in [1.54, 1.807) is 0 Å². The van der Waals surface area contributed by atoms with Gasteiger partial charge in [0.05, 0.1) is 0 Å². The Bertz CT molecular complexity index is 995. The van der Waals surface area contributed by atoms with Crippen LogP contribution in [0.2, 0.25) is 0 Å². The van der Waals surface area contributed by atoms with Crippen LogP contribution in [-0.2, 0) is 0 Å². The zero-order valence-electron chi connectivity index (χ0n) is 17.8. The Hall–Kier alpha value is -2.74. The van der Waals surface area contributed by atoms with Crippen LogP contribution in [0, 0.1) is 41.2 Å². The van der Waals surface area contributed by atoms with E-state index in [1.165, 1.54) is 44.1 Å². The van der Waals surface area contributed by atoms with Gasteiger partial charge in [0, 0.05) is 11.1 Å². The molecule has 1 nitrogen and oxygen atoms in total. The van der Waals surface area contributed by atoms with Crippen LogP contribution in [0.1, 0.15) is 61.1 Å². The van der Waals surface area contributed by atoms with Gasteiger partial charge >= 0.3 is 6.61 Å². The Balaban J connectivity index is 1.41. The maximum absolute atomic E-state index is 13.8. The number of halogens is 4. The lowest BCUT2D eigenvalue weighted by Crippen LogP contribution is -2.29. The van der Waals surface area contributed by atoms with Crippen LogP contribution in [0.5, 0.6) is 5.75 Å². The van der Waals surface area contributed by atoms with E-state index in [1.807, 2.05) is 12.1 Å². The van der Waals surface area contributed by atoms with E-state index in [-0.39, 0.29) is 5.56 Å². The highest BCUT2D eigenvalue weighted by atomic mass is 19.3. The smallest absolute Gasteiger partial charge is 0.387 e. The molecule has 2 aromatic rings. The highest BCUT2D eigenvalue weighted by Gasteiger charge is 2.35. The molecule has 4 unspecified atom stereocenters. The molecule has 0 amide bonds. The zero-order valence-corrected chi connectivity index (χ0v) is 17.8. The molecule has 0 saturated heterocycles. The molecule has 4 rings (SSSR count). The van der Waals surface area contributed by atoms with Crippen molar-refractivity contribution in [1.82, 2.24) is 0 Å². The van der Waals surface area contributed by atoms with Gasteiger partial charge in [0.1, 0.15) is 0 Å². The summed E-state index contributed by atoms with van der Waals surface area (Å²) >= 11 is 0. The predicted molar refractivity (Wildman–Crippen MR) is 117 cm³/mol. The van der Waals surface area contributed by atoms with E-state index in [0.717, 1.165) is 29.5 Å². The summed E-state index contributed by atoms with van der Waals surface area (Å²) in [6.45, 7) is 0.669. The highest BCUT2D eigenvalue weighted by molar-refractivity contribution is 5.46. The lowest BCUT2D eigenvalue weighted by molar-refractivity contribution is -0.0546. The van der Waals surface area contributed by atoms with Crippen molar-refractivity contribution in [2.75, 3.05) is 0 Å². The summed E-state index contributed by atoms with van der Waals surface area (Å²) in [5.41, 5.74) is 2.09. The molecule has 32 heavy (non-hydrogen) atoms. The molecule has 5 heteroatoms. The van der Waals surface area contributed by atoms with Crippen molar-refractivity contribution in [2.24, 2.45) is 17.8 Å². The summed E-state index contributed by atoms with van der Waals surface area (Å²) in [6, 6.07) is 9.80. The Labute approximate surface area is 186 Å². The Morgan fingerprint density at radius 1 is 0.875 bits per heavy atom. The van der Waals surface area contributed by atoms with E-state index < -0.39 is 24.0 Å². The molecule has 0 spiro atoms. The molecule has 168 valence electrons. The number of allylic oxidation sites excluding steroid dienone is 1. The molecule has 0 aromatic heterocycles. The third kappa shape index (κ3) is 5.18. The number of hydrogen-bond donors (Lipinski definition) is 0. The van der Waals surface area contributed by atoms with Crippen LogP contribution < -0.4 is 4.74 Å². The molecular formula is C27H26F4O. The van der Waals surface area contributed by atoms with Crippen molar-refractivity contribution in [2.45, 2.75) is 51.1 Å². The van der Waals surface area contributed by atoms with Gasteiger partial charge in [-0.3, -0.25) is 0 Å². The summed E-state index contributed by atoms with van der Waals surface area (Å²) in [5.74, 6) is 4.93.